The van der Waals surface area contributed by atoms with Crippen LogP contribution in [0.15, 0.2) is 36.0 Å². The van der Waals surface area contributed by atoms with Gasteiger partial charge in [-0.1, -0.05) is 12.1 Å². The highest BCUT2D eigenvalue weighted by molar-refractivity contribution is 5.97. The van der Waals surface area contributed by atoms with Crippen LogP contribution in [-0.2, 0) is 11.3 Å². The maximum absolute atomic E-state index is 12.1. The van der Waals surface area contributed by atoms with E-state index in [2.05, 4.69) is 17.3 Å². The molecule has 1 saturated heterocycles. The standard InChI is InChI=1S/C17H22N4O2/c1-20-7-9-21(10-8-20)13-15(11-18)17(22)19-12-14-3-5-16(23-2)6-4-14/h3-6,13H,7-10,12H2,1-2H3,(H,19,22)/b15-13-. The van der Waals surface area contributed by atoms with Gasteiger partial charge in [-0.2, -0.15) is 5.26 Å². The highest BCUT2D eigenvalue weighted by Gasteiger charge is 2.15. The number of carbonyl (C=O) groups is 1. The molecule has 0 aliphatic carbocycles. The SMILES string of the molecule is COc1ccc(CNC(=O)/C(C#N)=C\N2CCN(C)CC2)cc1. The molecule has 0 saturated carbocycles. The molecule has 1 fully saturated rings. The van der Waals surface area contributed by atoms with Crippen LogP contribution in [0, 0.1) is 11.3 Å². The zero-order valence-corrected chi connectivity index (χ0v) is 13.6. The number of methoxy groups -OCH3 is 1. The summed E-state index contributed by atoms with van der Waals surface area (Å²) in [5.41, 5.74) is 1.10. The zero-order valence-electron chi connectivity index (χ0n) is 13.6. The van der Waals surface area contributed by atoms with Crippen LogP contribution in [-0.4, -0.2) is 56.0 Å². The number of carbonyl (C=O) groups excluding carboxylic acids is 1. The molecule has 1 amide bonds. The van der Waals surface area contributed by atoms with Crippen molar-refractivity contribution in [2.75, 3.05) is 40.3 Å². The molecule has 0 radical (unpaired) electrons. The second-order valence-electron chi connectivity index (χ2n) is 5.52. The Morgan fingerprint density at radius 2 is 1.96 bits per heavy atom. The molecule has 2 rings (SSSR count). The number of benzene rings is 1. The molecule has 0 aromatic heterocycles. The molecule has 0 unspecified atom stereocenters. The van der Waals surface area contributed by atoms with E-state index in [1.54, 1.807) is 13.3 Å². The van der Waals surface area contributed by atoms with Gasteiger partial charge in [0.25, 0.3) is 5.91 Å². The molecular weight excluding hydrogens is 292 g/mol. The molecule has 1 aliphatic heterocycles. The Bertz CT molecular complexity index is 596. The third-order valence-corrected chi connectivity index (χ3v) is 3.83. The molecule has 1 N–H and O–H groups in total. The van der Waals surface area contributed by atoms with E-state index >= 15 is 0 Å². The molecule has 0 atom stereocenters. The van der Waals surface area contributed by atoms with Crippen molar-refractivity contribution in [1.82, 2.24) is 15.1 Å². The topological polar surface area (TPSA) is 68.6 Å². The van der Waals surface area contributed by atoms with Gasteiger partial charge in [0.1, 0.15) is 17.4 Å². The summed E-state index contributed by atoms with van der Waals surface area (Å²) in [4.78, 5) is 16.4. The minimum atomic E-state index is -0.345. The fourth-order valence-electron chi connectivity index (χ4n) is 2.29. The summed E-state index contributed by atoms with van der Waals surface area (Å²) in [6.07, 6.45) is 1.66. The van der Waals surface area contributed by atoms with Crippen LogP contribution in [0.4, 0.5) is 0 Å². The number of hydrogen-bond acceptors (Lipinski definition) is 5. The van der Waals surface area contributed by atoms with Crippen LogP contribution in [0.25, 0.3) is 0 Å². The van der Waals surface area contributed by atoms with Crippen molar-refractivity contribution in [3.05, 3.63) is 41.6 Å². The fraction of sp³-hybridized carbons (Fsp3) is 0.412. The van der Waals surface area contributed by atoms with E-state index in [0.29, 0.717) is 6.54 Å². The molecule has 23 heavy (non-hydrogen) atoms. The number of nitriles is 1. The number of ether oxygens (including phenoxy) is 1. The van der Waals surface area contributed by atoms with Crippen molar-refractivity contribution in [2.24, 2.45) is 0 Å². The van der Waals surface area contributed by atoms with Gasteiger partial charge in [-0.3, -0.25) is 4.79 Å². The summed E-state index contributed by atoms with van der Waals surface area (Å²) in [6, 6.07) is 9.44. The first kappa shape index (κ1) is 16.8. The van der Waals surface area contributed by atoms with Crippen molar-refractivity contribution in [3.8, 4) is 11.8 Å². The third-order valence-electron chi connectivity index (χ3n) is 3.83. The Balaban J connectivity index is 1.90. The third kappa shape index (κ3) is 5.01. The molecule has 0 spiro atoms. The monoisotopic (exact) mass is 314 g/mol. The summed E-state index contributed by atoms with van der Waals surface area (Å²) in [5, 5.41) is 12.0. The number of amides is 1. The van der Waals surface area contributed by atoms with Crippen molar-refractivity contribution >= 4 is 5.91 Å². The Morgan fingerprint density at radius 1 is 1.30 bits per heavy atom. The Hall–Kier alpha value is -2.52. The second kappa shape index (κ2) is 8.20. The number of nitrogens with zero attached hydrogens (tertiary/aromatic N) is 3. The molecule has 6 nitrogen and oxygen atoms in total. The molecule has 6 heteroatoms. The van der Waals surface area contributed by atoms with Crippen LogP contribution in [0.5, 0.6) is 5.75 Å². The smallest absolute Gasteiger partial charge is 0.263 e. The molecule has 122 valence electrons. The fourth-order valence-corrected chi connectivity index (χ4v) is 2.29. The molecule has 1 aromatic rings. The lowest BCUT2D eigenvalue weighted by molar-refractivity contribution is -0.117. The van der Waals surface area contributed by atoms with Gasteiger partial charge in [0, 0.05) is 38.9 Å². The van der Waals surface area contributed by atoms with Crippen molar-refractivity contribution < 1.29 is 9.53 Å². The van der Waals surface area contributed by atoms with Crippen molar-refractivity contribution in [1.29, 1.82) is 5.26 Å². The number of rotatable bonds is 5. The van der Waals surface area contributed by atoms with Crippen LogP contribution in [0.3, 0.4) is 0 Å². The van der Waals surface area contributed by atoms with E-state index in [1.807, 2.05) is 35.2 Å². The first-order valence-corrected chi connectivity index (χ1v) is 7.58. The average molecular weight is 314 g/mol. The Labute approximate surface area is 136 Å². The molecule has 0 bridgehead atoms. The predicted molar refractivity (Wildman–Crippen MR) is 87.6 cm³/mol. The van der Waals surface area contributed by atoms with E-state index in [4.69, 9.17) is 4.74 Å². The lowest BCUT2D eigenvalue weighted by Crippen LogP contribution is -2.42. The van der Waals surface area contributed by atoms with Gasteiger partial charge in [0.2, 0.25) is 0 Å². The summed E-state index contributed by atoms with van der Waals surface area (Å²) >= 11 is 0. The summed E-state index contributed by atoms with van der Waals surface area (Å²) < 4.78 is 5.09. The van der Waals surface area contributed by atoms with Crippen molar-refractivity contribution in [2.45, 2.75) is 6.54 Å². The quantitative estimate of drug-likeness (QED) is 0.648. The largest absolute Gasteiger partial charge is 0.497 e. The average Bonchev–Trinajstić information content (AvgIpc) is 2.59. The minimum absolute atomic E-state index is 0.142. The van der Waals surface area contributed by atoms with E-state index in [-0.39, 0.29) is 11.5 Å². The Kier molecular flexibility index (Phi) is 6.01. The number of likely N-dealkylation sites (N-methyl/N-ethyl adjacent to an activating group) is 1. The normalized spacial score (nSPS) is 15.9. The van der Waals surface area contributed by atoms with Gasteiger partial charge in [0.05, 0.1) is 7.11 Å². The highest BCUT2D eigenvalue weighted by Crippen LogP contribution is 2.11. The minimum Gasteiger partial charge on any atom is -0.497 e. The van der Waals surface area contributed by atoms with Crippen LogP contribution in [0.1, 0.15) is 5.56 Å². The lowest BCUT2D eigenvalue weighted by Gasteiger charge is -2.31. The van der Waals surface area contributed by atoms with Gasteiger partial charge in [-0.15, -0.1) is 0 Å². The Morgan fingerprint density at radius 3 is 2.52 bits per heavy atom. The first-order chi connectivity index (χ1) is 11.1. The zero-order chi connectivity index (χ0) is 16.7. The summed E-state index contributed by atoms with van der Waals surface area (Å²) in [7, 11) is 3.67. The predicted octanol–water partition coefficient (Wildman–Crippen LogP) is 0.966. The van der Waals surface area contributed by atoms with Crippen LogP contribution >= 0.6 is 0 Å². The van der Waals surface area contributed by atoms with E-state index in [1.165, 1.54) is 0 Å². The van der Waals surface area contributed by atoms with E-state index in [9.17, 15) is 10.1 Å². The second-order valence-corrected chi connectivity index (χ2v) is 5.52. The lowest BCUT2D eigenvalue weighted by atomic mass is 10.2. The van der Waals surface area contributed by atoms with Gasteiger partial charge >= 0.3 is 0 Å². The maximum atomic E-state index is 12.1. The van der Waals surface area contributed by atoms with Gasteiger partial charge in [0.15, 0.2) is 0 Å². The van der Waals surface area contributed by atoms with E-state index < -0.39 is 0 Å². The van der Waals surface area contributed by atoms with Gasteiger partial charge in [-0.25, -0.2) is 0 Å². The molecule has 1 heterocycles. The number of nitrogens with one attached hydrogen (secondary N) is 1. The molecular formula is C17H22N4O2. The summed E-state index contributed by atoms with van der Waals surface area (Å²) in [6.45, 7) is 3.90. The maximum Gasteiger partial charge on any atom is 0.263 e. The van der Waals surface area contributed by atoms with Gasteiger partial charge in [-0.05, 0) is 24.7 Å². The van der Waals surface area contributed by atoms with Crippen LogP contribution in [0.2, 0.25) is 0 Å². The molecule has 1 aliphatic rings. The van der Waals surface area contributed by atoms with Crippen molar-refractivity contribution in [3.63, 3.8) is 0 Å². The highest BCUT2D eigenvalue weighted by atomic mass is 16.5. The number of piperazine rings is 1. The summed E-state index contributed by atoms with van der Waals surface area (Å²) in [5.74, 6) is 0.426. The van der Waals surface area contributed by atoms with Gasteiger partial charge < -0.3 is 19.9 Å². The number of hydrogen-bond donors (Lipinski definition) is 1. The van der Waals surface area contributed by atoms with Crippen LogP contribution < -0.4 is 10.1 Å². The first-order valence-electron chi connectivity index (χ1n) is 7.58. The van der Waals surface area contributed by atoms with E-state index in [0.717, 1.165) is 37.5 Å². The molecule has 1 aromatic carbocycles.